The van der Waals surface area contributed by atoms with E-state index in [1.54, 1.807) is 12.3 Å². The fraction of sp³-hybridized carbons (Fsp3) is 0.559. The third-order valence-corrected chi connectivity index (χ3v) is 11.5. The number of halogens is 3. The minimum atomic E-state index is -4.26. The fourth-order valence-electron chi connectivity index (χ4n) is 6.74. The second kappa shape index (κ2) is 15.6. The number of piperazine rings is 1. The lowest BCUT2D eigenvalue weighted by Crippen LogP contribution is -2.50. The first-order chi connectivity index (χ1) is 23.0. The number of likely N-dealkylation sites (tertiary alicyclic amines) is 1. The number of nitriles is 1. The minimum absolute atomic E-state index is 0.171. The summed E-state index contributed by atoms with van der Waals surface area (Å²) >= 11 is 1.07. The first-order valence-electron chi connectivity index (χ1n) is 16.6. The molecule has 3 aromatic heterocycles. The molecule has 2 aliphatic heterocycles. The smallest absolute Gasteiger partial charge is 0.367 e. The van der Waals surface area contributed by atoms with Crippen molar-refractivity contribution in [1.82, 2.24) is 28.6 Å². The molecule has 0 bridgehead atoms. The van der Waals surface area contributed by atoms with Crippen LogP contribution < -0.4 is 5.32 Å². The van der Waals surface area contributed by atoms with Gasteiger partial charge >= 0.3 is 6.18 Å². The molecule has 0 spiro atoms. The van der Waals surface area contributed by atoms with Crippen LogP contribution in [0.15, 0.2) is 30.6 Å². The zero-order valence-corrected chi connectivity index (χ0v) is 29.9. The molecule has 4 aromatic rings. The SMILES string of the molecule is CC.Cc1c(CN2CCC(Nc3ncnc4sc(CC(F)(F)F)cc34)CC2)ccc2c1cc(C#N)n2CC(C)N1CCN(S(C)=O)CC1. The molecule has 1 N–H and O–H groups in total. The van der Waals surface area contributed by atoms with Crippen LogP contribution in [0.25, 0.3) is 21.1 Å². The molecule has 0 radical (unpaired) electrons. The van der Waals surface area contributed by atoms with Gasteiger partial charge in [0.15, 0.2) is 0 Å². The molecule has 1 aromatic carbocycles. The van der Waals surface area contributed by atoms with E-state index in [0.29, 0.717) is 28.3 Å². The number of aromatic nitrogens is 3. The van der Waals surface area contributed by atoms with Crippen LogP contribution >= 0.6 is 11.3 Å². The van der Waals surface area contributed by atoms with E-state index in [0.717, 1.165) is 80.9 Å². The average Bonchev–Trinajstić information content (AvgIpc) is 3.64. The summed E-state index contributed by atoms with van der Waals surface area (Å²) in [6.07, 6.45) is -0.291. The number of rotatable bonds is 9. The summed E-state index contributed by atoms with van der Waals surface area (Å²) in [5.74, 6) is 0.598. The van der Waals surface area contributed by atoms with Crippen molar-refractivity contribution in [3.05, 3.63) is 52.3 Å². The lowest BCUT2D eigenvalue weighted by molar-refractivity contribution is -0.126. The third-order valence-electron chi connectivity index (χ3n) is 9.37. The van der Waals surface area contributed by atoms with Gasteiger partial charge in [-0.05, 0) is 56.0 Å². The van der Waals surface area contributed by atoms with E-state index in [2.05, 4.69) is 61.7 Å². The Balaban J connectivity index is 0.00000221. The van der Waals surface area contributed by atoms with Crippen molar-refractivity contribution in [3.8, 4) is 6.07 Å². The molecule has 260 valence electrons. The lowest BCUT2D eigenvalue weighted by atomic mass is 10.0. The predicted octanol–water partition coefficient (Wildman–Crippen LogP) is 6.33. The molecule has 2 atom stereocenters. The normalized spacial score (nSPS) is 18.4. The average molecular weight is 703 g/mol. The number of nitrogens with zero attached hydrogens (tertiary/aromatic N) is 7. The van der Waals surface area contributed by atoms with Crippen molar-refractivity contribution >= 4 is 49.3 Å². The van der Waals surface area contributed by atoms with Gasteiger partial charge in [-0.3, -0.25) is 9.80 Å². The van der Waals surface area contributed by atoms with Crippen LogP contribution in [0.3, 0.4) is 0 Å². The van der Waals surface area contributed by atoms with Crippen LogP contribution in [0.4, 0.5) is 19.0 Å². The monoisotopic (exact) mass is 702 g/mol. The second-order valence-corrected chi connectivity index (χ2v) is 14.9. The number of alkyl halides is 3. The van der Waals surface area contributed by atoms with Crippen LogP contribution in [0, 0.1) is 18.3 Å². The third kappa shape index (κ3) is 8.37. The summed E-state index contributed by atoms with van der Waals surface area (Å²) in [6.45, 7) is 14.9. The molecule has 2 saturated heterocycles. The van der Waals surface area contributed by atoms with Gasteiger partial charge in [-0.2, -0.15) is 18.4 Å². The molecular formula is C34H45F3N8OS2. The van der Waals surface area contributed by atoms with Gasteiger partial charge in [-0.15, -0.1) is 11.3 Å². The van der Waals surface area contributed by atoms with Crippen molar-refractivity contribution in [2.24, 2.45) is 0 Å². The summed E-state index contributed by atoms with van der Waals surface area (Å²) < 4.78 is 54.8. The molecule has 5 heterocycles. The van der Waals surface area contributed by atoms with Crippen molar-refractivity contribution in [2.75, 3.05) is 50.8 Å². The molecule has 6 rings (SSSR count). The van der Waals surface area contributed by atoms with Crippen LogP contribution in [0.5, 0.6) is 0 Å². The van der Waals surface area contributed by atoms with Crippen LogP contribution in [-0.4, -0.2) is 96.6 Å². The van der Waals surface area contributed by atoms with Gasteiger partial charge in [0, 0.05) is 86.5 Å². The molecule has 0 saturated carbocycles. The number of hydrogen-bond acceptors (Lipinski definition) is 8. The Morgan fingerprint density at radius 2 is 1.79 bits per heavy atom. The van der Waals surface area contributed by atoms with Gasteiger partial charge in [0.25, 0.3) is 0 Å². The Kier molecular flexibility index (Phi) is 11.8. The number of nitrogens with one attached hydrogen (secondary N) is 1. The van der Waals surface area contributed by atoms with E-state index >= 15 is 0 Å². The van der Waals surface area contributed by atoms with Gasteiger partial charge in [-0.25, -0.2) is 18.5 Å². The molecule has 0 aliphatic carbocycles. The maximum absolute atomic E-state index is 12.9. The molecule has 14 heteroatoms. The number of piperidine rings is 1. The highest BCUT2D eigenvalue weighted by Gasteiger charge is 2.30. The van der Waals surface area contributed by atoms with Gasteiger partial charge < -0.3 is 9.88 Å². The number of hydrogen-bond donors (Lipinski definition) is 1. The number of benzene rings is 1. The second-order valence-electron chi connectivity index (χ2n) is 12.4. The van der Waals surface area contributed by atoms with Crippen LogP contribution in [0.2, 0.25) is 0 Å². The maximum atomic E-state index is 12.9. The summed E-state index contributed by atoms with van der Waals surface area (Å²) in [5.41, 5.74) is 4.17. The summed E-state index contributed by atoms with van der Waals surface area (Å²) in [6, 6.07) is 10.7. The molecular weight excluding hydrogens is 658 g/mol. The van der Waals surface area contributed by atoms with E-state index in [1.807, 2.05) is 24.2 Å². The van der Waals surface area contributed by atoms with Crippen molar-refractivity contribution in [3.63, 3.8) is 0 Å². The Hall–Kier alpha value is -3.09. The van der Waals surface area contributed by atoms with E-state index in [4.69, 9.17) is 0 Å². The van der Waals surface area contributed by atoms with Gasteiger partial charge in [0.2, 0.25) is 0 Å². The van der Waals surface area contributed by atoms with Gasteiger partial charge in [0.1, 0.15) is 28.7 Å². The highest BCUT2D eigenvalue weighted by atomic mass is 32.2. The molecule has 2 fully saturated rings. The van der Waals surface area contributed by atoms with Gasteiger partial charge in [0.05, 0.1) is 22.8 Å². The van der Waals surface area contributed by atoms with E-state index in [-0.39, 0.29) is 17.0 Å². The quantitative estimate of drug-likeness (QED) is 0.218. The number of fused-ring (bicyclic) bond motifs is 2. The summed E-state index contributed by atoms with van der Waals surface area (Å²) in [7, 11) is -0.942. The number of aryl methyl sites for hydroxylation is 1. The number of thiophene rings is 1. The van der Waals surface area contributed by atoms with Crippen LogP contribution in [0.1, 0.15) is 55.3 Å². The van der Waals surface area contributed by atoms with E-state index in [1.165, 1.54) is 17.5 Å². The Morgan fingerprint density at radius 3 is 2.44 bits per heavy atom. The molecule has 2 aliphatic rings. The zero-order chi connectivity index (χ0) is 34.6. The highest BCUT2D eigenvalue weighted by molar-refractivity contribution is 7.81. The Morgan fingerprint density at radius 1 is 1.08 bits per heavy atom. The minimum Gasteiger partial charge on any atom is -0.367 e. The zero-order valence-electron chi connectivity index (χ0n) is 28.3. The van der Waals surface area contributed by atoms with Crippen molar-refractivity contribution in [2.45, 2.75) is 78.3 Å². The van der Waals surface area contributed by atoms with E-state index < -0.39 is 23.6 Å². The fourth-order valence-corrected chi connectivity index (χ4v) is 8.44. The molecule has 48 heavy (non-hydrogen) atoms. The van der Waals surface area contributed by atoms with Gasteiger partial charge in [-0.1, -0.05) is 19.9 Å². The highest BCUT2D eigenvalue weighted by Crippen LogP contribution is 2.33. The standard InChI is InChI=1S/C32H39F3N8OS2.C2H6/c1-21(41-10-12-42(13-11-41)46(3)44)18-43-25(17-36)14-27-22(2)23(4-5-29(27)43)19-40-8-6-24(7-9-40)39-30-28-15-26(16-32(33,34)35)45-31(28)38-20-37-30;1-2/h4-5,14-15,20-21,24H,6-13,16,18-19H2,1-3H3,(H,37,38,39);1-2H3. The summed E-state index contributed by atoms with van der Waals surface area (Å²) in [4.78, 5) is 14.2. The Bertz CT molecular complexity index is 1770. The largest absolute Gasteiger partial charge is 0.393 e. The first kappa shape index (κ1) is 36.2. The Labute approximate surface area is 287 Å². The molecule has 2 unspecified atom stereocenters. The number of anilines is 1. The van der Waals surface area contributed by atoms with E-state index in [9.17, 15) is 22.6 Å². The van der Waals surface area contributed by atoms with Crippen molar-refractivity contribution in [1.29, 1.82) is 5.26 Å². The lowest BCUT2D eigenvalue weighted by Gasteiger charge is -2.37. The summed E-state index contributed by atoms with van der Waals surface area (Å²) in [5, 5.41) is 15.2. The maximum Gasteiger partial charge on any atom is 0.393 e. The van der Waals surface area contributed by atoms with Crippen molar-refractivity contribution < 1.29 is 17.4 Å². The predicted molar refractivity (Wildman–Crippen MR) is 189 cm³/mol. The van der Waals surface area contributed by atoms with Crippen LogP contribution in [-0.2, 0) is 30.5 Å². The first-order valence-corrected chi connectivity index (χ1v) is 19.0. The topological polar surface area (TPSA) is 93.3 Å². The molecule has 0 amide bonds. The molecule has 9 nitrogen and oxygen atoms in total.